The van der Waals surface area contributed by atoms with Gasteiger partial charge >= 0.3 is 0 Å². The maximum Gasteiger partial charge on any atom is 0.228 e. The van der Waals surface area contributed by atoms with Crippen molar-refractivity contribution in [2.24, 2.45) is 0 Å². The summed E-state index contributed by atoms with van der Waals surface area (Å²) in [5.41, 5.74) is 0. The van der Waals surface area contributed by atoms with E-state index in [0.717, 1.165) is 13.0 Å². The van der Waals surface area contributed by atoms with Crippen molar-refractivity contribution in [2.75, 3.05) is 6.54 Å². The Morgan fingerprint density at radius 2 is 2.26 bits per heavy atom. The van der Waals surface area contributed by atoms with E-state index in [-0.39, 0.29) is 12.2 Å². The third-order valence-electron chi connectivity index (χ3n) is 3.66. The van der Waals surface area contributed by atoms with E-state index in [0.29, 0.717) is 23.8 Å². The minimum atomic E-state index is 0.0637. The van der Waals surface area contributed by atoms with Crippen LogP contribution in [0.15, 0.2) is 4.52 Å². The lowest BCUT2D eigenvalue weighted by Crippen LogP contribution is -2.45. The molecule has 1 fully saturated rings. The predicted octanol–water partition coefficient (Wildman–Crippen LogP) is 2.01. The van der Waals surface area contributed by atoms with Crippen LogP contribution < -0.4 is 0 Å². The van der Waals surface area contributed by atoms with Crippen LogP contribution >= 0.6 is 0 Å². The summed E-state index contributed by atoms with van der Waals surface area (Å²) in [6.45, 7) is 7.15. The maximum atomic E-state index is 11.0. The highest BCUT2D eigenvalue weighted by atomic mass is 16.5. The second-order valence-electron chi connectivity index (χ2n) is 5.67. The zero-order chi connectivity index (χ0) is 13.8. The van der Waals surface area contributed by atoms with E-state index in [2.05, 4.69) is 28.9 Å². The van der Waals surface area contributed by atoms with Crippen molar-refractivity contribution in [1.82, 2.24) is 15.0 Å². The van der Waals surface area contributed by atoms with Crippen molar-refractivity contribution in [1.29, 1.82) is 0 Å². The zero-order valence-corrected chi connectivity index (χ0v) is 12.1. The molecule has 0 N–H and O–H groups in total. The number of hydrogen-bond donors (Lipinski definition) is 0. The molecule has 1 aliphatic rings. The summed E-state index contributed by atoms with van der Waals surface area (Å²) in [6.07, 6.45) is 4.78. The molecule has 106 valence electrons. The Labute approximate surface area is 114 Å². The largest absolute Gasteiger partial charge is 0.339 e. The van der Waals surface area contributed by atoms with Gasteiger partial charge in [-0.3, -0.25) is 9.69 Å². The van der Waals surface area contributed by atoms with Crippen LogP contribution in [-0.2, 0) is 17.6 Å². The van der Waals surface area contributed by atoms with Crippen LogP contribution in [0, 0.1) is 0 Å². The minimum absolute atomic E-state index is 0.0637. The Morgan fingerprint density at radius 3 is 2.95 bits per heavy atom. The van der Waals surface area contributed by atoms with Crippen LogP contribution in [0.5, 0.6) is 0 Å². The number of rotatable bonds is 5. The van der Waals surface area contributed by atoms with Gasteiger partial charge in [0.05, 0.1) is 6.42 Å². The first kappa shape index (κ1) is 14.2. The quantitative estimate of drug-likeness (QED) is 0.815. The fraction of sp³-hybridized carbons (Fsp3) is 0.786. The van der Waals surface area contributed by atoms with Gasteiger partial charge < -0.3 is 4.52 Å². The lowest BCUT2D eigenvalue weighted by molar-refractivity contribution is -0.116. The third kappa shape index (κ3) is 3.86. The SMILES string of the molecule is CC(=O)Cc1noc(CC2CCCCN2C(C)C)n1. The van der Waals surface area contributed by atoms with Crippen LogP contribution in [0.25, 0.3) is 0 Å². The van der Waals surface area contributed by atoms with Gasteiger partial charge in [-0.15, -0.1) is 0 Å². The minimum Gasteiger partial charge on any atom is -0.339 e. The molecule has 19 heavy (non-hydrogen) atoms. The lowest BCUT2D eigenvalue weighted by atomic mass is 9.98. The van der Waals surface area contributed by atoms with Crippen LogP contribution in [0.4, 0.5) is 0 Å². The Hall–Kier alpha value is -1.23. The molecule has 1 aliphatic heterocycles. The predicted molar refractivity (Wildman–Crippen MR) is 71.9 cm³/mol. The molecule has 0 amide bonds. The first-order chi connectivity index (χ1) is 9.06. The summed E-state index contributed by atoms with van der Waals surface area (Å²) in [7, 11) is 0. The van der Waals surface area contributed by atoms with Gasteiger partial charge in [0.15, 0.2) is 5.82 Å². The average Bonchev–Trinajstić information content (AvgIpc) is 2.76. The monoisotopic (exact) mass is 265 g/mol. The molecule has 5 heteroatoms. The molecule has 2 rings (SSSR count). The molecular formula is C14H23N3O2. The van der Waals surface area contributed by atoms with Crippen molar-refractivity contribution in [2.45, 2.75) is 65.0 Å². The summed E-state index contributed by atoms with van der Waals surface area (Å²) in [5.74, 6) is 1.23. The number of hydrogen-bond acceptors (Lipinski definition) is 5. The lowest BCUT2D eigenvalue weighted by Gasteiger charge is -2.38. The normalized spacial score (nSPS) is 20.9. The Morgan fingerprint density at radius 1 is 1.47 bits per heavy atom. The van der Waals surface area contributed by atoms with Gasteiger partial charge in [-0.2, -0.15) is 4.98 Å². The van der Waals surface area contributed by atoms with Crippen LogP contribution in [0.3, 0.4) is 0 Å². The molecule has 0 radical (unpaired) electrons. The van der Waals surface area contributed by atoms with E-state index in [1.165, 1.54) is 26.2 Å². The fourth-order valence-electron chi connectivity index (χ4n) is 2.79. The van der Waals surface area contributed by atoms with E-state index in [1.807, 2.05) is 0 Å². The highest BCUT2D eigenvalue weighted by Gasteiger charge is 2.26. The second-order valence-corrected chi connectivity index (χ2v) is 5.67. The molecule has 1 aromatic rings. The number of carbonyl (C=O) groups excluding carboxylic acids is 1. The second kappa shape index (κ2) is 6.28. The van der Waals surface area contributed by atoms with Crippen molar-refractivity contribution < 1.29 is 9.32 Å². The molecule has 1 atom stereocenters. The van der Waals surface area contributed by atoms with Gasteiger partial charge in [0.2, 0.25) is 5.89 Å². The fourth-order valence-corrected chi connectivity index (χ4v) is 2.79. The molecule has 1 aromatic heterocycles. The summed E-state index contributed by atoms with van der Waals surface area (Å²) < 4.78 is 5.26. The average molecular weight is 265 g/mol. The molecular weight excluding hydrogens is 242 g/mol. The number of piperidine rings is 1. The topological polar surface area (TPSA) is 59.2 Å². The number of nitrogens with zero attached hydrogens (tertiary/aromatic N) is 3. The maximum absolute atomic E-state index is 11.0. The molecule has 0 spiro atoms. The van der Waals surface area contributed by atoms with E-state index < -0.39 is 0 Å². The van der Waals surface area contributed by atoms with Gasteiger partial charge in [0.25, 0.3) is 0 Å². The number of ketones is 1. The van der Waals surface area contributed by atoms with Crippen molar-refractivity contribution in [3.63, 3.8) is 0 Å². The molecule has 0 saturated carbocycles. The first-order valence-electron chi connectivity index (χ1n) is 7.13. The van der Waals surface area contributed by atoms with Crippen LogP contribution in [0.1, 0.15) is 51.7 Å². The number of carbonyl (C=O) groups is 1. The summed E-state index contributed by atoms with van der Waals surface area (Å²) in [5, 5.41) is 3.87. The third-order valence-corrected chi connectivity index (χ3v) is 3.66. The summed E-state index contributed by atoms with van der Waals surface area (Å²) in [6, 6.07) is 1.03. The van der Waals surface area contributed by atoms with Gasteiger partial charge in [-0.25, -0.2) is 0 Å². The van der Waals surface area contributed by atoms with Gasteiger partial charge in [-0.1, -0.05) is 11.6 Å². The van der Waals surface area contributed by atoms with Gasteiger partial charge in [-0.05, 0) is 40.2 Å². The van der Waals surface area contributed by atoms with Crippen molar-refractivity contribution in [3.05, 3.63) is 11.7 Å². The smallest absolute Gasteiger partial charge is 0.228 e. The highest BCUT2D eigenvalue weighted by Crippen LogP contribution is 2.22. The molecule has 2 heterocycles. The highest BCUT2D eigenvalue weighted by molar-refractivity contribution is 5.77. The Balaban J connectivity index is 1.98. The van der Waals surface area contributed by atoms with E-state index in [1.54, 1.807) is 0 Å². The Bertz CT molecular complexity index is 428. The Kier molecular flexibility index (Phi) is 4.69. The number of aromatic nitrogens is 2. The van der Waals surface area contributed by atoms with Crippen LogP contribution in [0.2, 0.25) is 0 Å². The van der Waals surface area contributed by atoms with Crippen molar-refractivity contribution in [3.8, 4) is 0 Å². The first-order valence-corrected chi connectivity index (χ1v) is 7.13. The molecule has 0 aromatic carbocycles. The summed E-state index contributed by atoms with van der Waals surface area (Å²) >= 11 is 0. The number of likely N-dealkylation sites (tertiary alicyclic amines) is 1. The molecule has 1 unspecified atom stereocenters. The standard InChI is InChI=1S/C14H23N3O2/c1-10(2)17-7-5-4-6-12(17)9-14-15-13(16-19-14)8-11(3)18/h10,12H,4-9H2,1-3H3. The van der Waals surface area contributed by atoms with E-state index in [9.17, 15) is 4.79 Å². The number of Topliss-reactive ketones (excluding diaryl/α,β-unsaturated/α-hetero) is 1. The van der Waals surface area contributed by atoms with Gasteiger partial charge in [0.1, 0.15) is 5.78 Å². The van der Waals surface area contributed by atoms with Crippen LogP contribution in [-0.4, -0.2) is 39.5 Å². The molecule has 0 aliphatic carbocycles. The molecule has 5 nitrogen and oxygen atoms in total. The van der Waals surface area contributed by atoms with E-state index >= 15 is 0 Å². The zero-order valence-electron chi connectivity index (χ0n) is 12.1. The van der Waals surface area contributed by atoms with Gasteiger partial charge in [0, 0.05) is 18.5 Å². The summed E-state index contributed by atoms with van der Waals surface area (Å²) in [4.78, 5) is 17.8. The molecule has 1 saturated heterocycles. The van der Waals surface area contributed by atoms with Crippen molar-refractivity contribution >= 4 is 5.78 Å². The molecule has 0 bridgehead atoms. The van der Waals surface area contributed by atoms with E-state index in [4.69, 9.17) is 4.52 Å².